The first-order valence-corrected chi connectivity index (χ1v) is 22.2. The van der Waals surface area contributed by atoms with Crippen LogP contribution in [0.3, 0.4) is 0 Å². The van der Waals surface area contributed by atoms with Crippen LogP contribution >= 0.6 is 0 Å². The monoisotopic (exact) mass is 782 g/mol. The van der Waals surface area contributed by atoms with Gasteiger partial charge in [-0.15, -0.1) is 0 Å². The van der Waals surface area contributed by atoms with E-state index >= 15 is 0 Å². The van der Waals surface area contributed by atoms with Gasteiger partial charge in [0, 0.05) is 71.7 Å². The van der Waals surface area contributed by atoms with Gasteiger partial charge in [0.1, 0.15) is 0 Å². The zero-order valence-corrected chi connectivity index (χ0v) is 34.7. The number of carbonyl (C=O) groups excluding carboxylic acids is 1. The lowest BCUT2D eigenvalue weighted by atomic mass is 10.1. The fourth-order valence-electron chi connectivity index (χ4n) is 6.79. The molecule has 0 aromatic heterocycles. The van der Waals surface area contributed by atoms with E-state index in [-0.39, 0.29) is 18.8 Å². The fourth-order valence-corrected chi connectivity index (χ4v) is 9.40. The van der Waals surface area contributed by atoms with Gasteiger partial charge >= 0.3 is 26.7 Å². The Labute approximate surface area is 325 Å². The molecule has 3 N–H and O–H groups in total. The van der Waals surface area contributed by atoms with Gasteiger partial charge in [-0.05, 0) is 110 Å². The molecule has 2 rings (SSSR count). The third-order valence-electron chi connectivity index (χ3n) is 9.49. The number of carboxylic acids is 2. The summed E-state index contributed by atoms with van der Waals surface area (Å²) in [7, 11) is -2.63. The van der Waals surface area contributed by atoms with Crippen molar-refractivity contribution in [2.24, 2.45) is 0 Å². The fraction of sp³-hybridized carbons (Fsp3) is 0.769. The van der Waals surface area contributed by atoms with E-state index in [0.717, 1.165) is 97.2 Å². The highest BCUT2D eigenvalue weighted by atomic mass is 28.4. The number of rotatable bonds is 24. The first-order chi connectivity index (χ1) is 26.1. The summed E-state index contributed by atoms with van der Waals surface area (Å²) >= 11 is 0. The third-order valence-corrected chi connectivity index (χ3v) is 12.6. The van der Waals surface area contributed by atoms with Crippen molar-refractivity contribution >= 4 is 26.7 Å². The predicted octanol–water partition coefficient (Wildman–Crippen LogP) is 4.01. The molecule has 0 atom stereocenters. The number of hydrogen-bond donors (Lipinski definition) is 3. The summed E-state index contributed by atoms with van der Waals surface area (Å²) in [6, 6.07) is 9.59. The molecular weight excluding hydrogens is 711 g/mol. The number of nitrogens with one attached hydrogen (secondary N) is 1. The molecule has 310 valence electrons. The van der Waals surface area contributed by atoms with Crippen LogP contribution in [0.25, 0.3) is 0 Å². The number of esters is 1. The molecule has 0 bridgehead atoms. The van der Waals surface area contributed by atoms with E-state index in [1.807, 2.05) is 27.7 Å². The summed E-state index contributed by atoms with van der Waals surface area (Å²) in [5.74, 6) is -1.82. The van der Waals surface area contributed by atoms with Crippen molar-refractivity contribution in [3.63, 3.8) is 0 Å². The van der Waals surface area contributed by atoms with Crippen molar-refractivity contribution in [2.75, 3.05) is 105 Å². The van der Waals surface area contributed by atoms with Gasteiger partial charge < -0.3 is 48.2 Å². The summed E-state index contributed by atoms with van der Waals surface area (Å²) in [5, 5.41) is 22.3. The standard InChI is InChI=1S/C39H71N5O9Si/c1-5-50-39(49)19-29-43-24-12-26-44(25-11-22-41(27-17-37(45)46)21-10-23-42(30-31-43)28-18-38(47)48)34-36-15-13-35(14-16-36)33-40-20-9-32-54(51-6-2,52-7-3)53-8-4/h13-16,40H,5-12,17-34H2,1-4H3,(H,45,46)(H,47,48). The van der Waals surface area contributed by atoms with Crippen LogP contribution in [0.15, 0.2) is 24.3 Å². The van der Waals surface area contributed by atoms with E-state index in [2.05, 4.69) is 49.2 Å². The average Bonchev–Trinajstić information content (AvgIpc) is 3.14. The van der Waals surface area contributed by atoms with E-state index in [1.54, 1.807) is 0 Å². The quantitative estimate of drug-likeness (QED) is 0.0787. The lowest BCUT2D eigenvalue weighted by Crippen LogP contribution is -2.46. The Balaban J connectivity index is 2.06. The number of nitrogens with zero attached hydrogens (tertiary/aromatic N) is 4. The van der Waals surface area contributed by atoms with E-state index in [9.17, 15) is 24.6 Å². The highest BCUT2D eigenvalue weighted by molar-refractivity contribution is 6.60. The van der Waals surface area contributed by atoms with Crippen LogP contribution in [0.4, 0.5) is 0 Å². The first kappa shape index (κ1) is 47.7. The SMILES string of the molecule is CCOC(=O)CCN1CCCN(Cc2ccc(CNCCC[Si](OCC)(OCC)OCC)cc2)CCCN(CCC(=O)O)CCCN(CCC(=O)O)CC1. The summed E-state index contributed by atoms with van der Waals surface area (Å²) in [6.45, 7) is 20.2. The summed E-state index contributed by atoms with van der Waals surface area (Å²) in [6.07, 6.45) is 4.06. The molecule has 54 heavy (non-hydrogen) atoms. The molecule has 1 saturated heterocycles. The topological polar surface area (TPSA) is 154 Å². The molecule has 1 aliphatic heterocycles. The van der Waals surface area contributed by atoms with Crippen LogP contribution in [-0.2, 0) is 45.5 Å². The number of carboxylic acid groups (broad SMARTS) is 2. The molecule has 0 saturated carbocycles. The van der Waals surface area contributed by atoms with Gasteiger partial charge in [-0.25, -0.2) is 0 Å². The van der Waals surface area contributed by atoms with Crippen LogP contribution in [0, 0.1) is 0 Å². The van der Waals surface area contributed by atoms with E-state index in [0.29, 0.717) is 59.0 Å². The largest absolute Gasteiger partial charge is 0.500 e. The molecule has 0 radical (unpaired) electrons. The number of aliphatic carboxylic acids is 2. The minimum absolute atomic E-state index is 0.0682. The predicted molar refractivity (Wildman–Crippen MR) is 212 cm³/mol. The maximum Gasteiger partial charge on any atom is 0.500 e. The third kappa shape index (κ3) is 21.6. The van der Waals surface area contributed by atoms with Crippen molar-refractivity contribution in [1.82, 2.24) is 24.9 Å². The minimum Gasteiger partial charge on any atom is -0.481 e. The van der Waals surface area contributed by atoms with Crippen molar-refractivity contribution in [3.8, 4) is 0 Å². The lowest BCUT2D eigenvalue weighted by Gasteiger charge is -2.28. The number of ether oxygens (including phenoxy) is 1. The smallest absolute Gasteiger partial charge is 0.481 e. The van der Waals surface area contributed by atoms with E-state index in [4.69, 9.17) is 18.0 Å². The molecule has 0 spiro atoms. The molecule has 1 heterocycles. The lowest BCUT2D eigenvalue weighted by molar-refractivity contribution is -0.143. The summed E-state index contributed by atoms with van der Waals surface area (Å²) in [5.41, 5.74) is 2.47. The minimum atomic E-state index is -2.63. The molecule has 1 fully saturated rings. The highest BCUT2D eigenvalue weighted by Gasteiger charge is 2.39. The molecular formula is C39H71N5O9Si. The van der Waals surface area contributed by atoms with Crippen LogP contribution in [0.1, 0.15) is 83.8 Å². The molecule has 14 nitrogen and oxygen atoms in total. The summed E-state index contributed by atoms with van der Waals surface area (Å²) in [4.78, 5) is 44.3. The molecule has 1 aromatic rings. The van der Waals surface area contributed by atoms with Gasteiger partial charge in [0.2, 0.25) is 0 Å². The Kier molecular flexibility index (Phi) is 25.5. The zero-order chi connectivity index (χ0) is 39.4. The van der Waals surface area contributed by atoms with Crippen LogP contribution < -0.4 is 5.32 Å². The molecule has 1 aliphatic rings. The average molecular weight is 782 g/mol. The second-order valence-electron chi connectivity index (χ2n) is 13.8. The zero-order valence-electron chi connectivity index (χ0n) is 33.7. The van der Waals surface area contributed by atoms with Gasteiger partial charge in [0.05, 0.1) is 25.9 Å². The van der Waals surface area contributed by atoms with Crippen LogP contribution in [0.2, 0.25) is 6.04 Å². The van der Waals surface area contributed by atoms with E-state index < -0.39 is 20.7 Å². The van der Waals surface area contributed by atoms with Crippen molar-refractivity contribution in [3.05, 3.63) is 35.4 Å². The van der Waals surface area contributed by atoms with Gasteiger partial charge in [0.15, 0.2) is 0 Å². The molecule has 1 aromatic carbocycles. The second kappa shape index (κ2) is 28.9. The molecule has 0 aliphatic carbocycles. The Hall–Kier alpha value is -2.47. The Bertz CT molecular complexity index is 1150. The van der Waals surface area contributed by atoms with Gasteiger partial charge in [-0.2, -0.15) is 0 Å². The van der Waals surface area contributed by atoms with Crippen molar-refractivity contribution in [2.45, 2.75) is 91.8 Å². The van der Waals surface area contributed by atoms with Crippen LogP contribution in [0.5, 0.6) is 0 Å². The van der Waals surface area contributed by atoms with Crippen LogP contribution in [-0.4, -0.2) is 161 Å². The van der Waals surface area contributed by atoms with Gasteiger partial charge in [-0.3, -0.25) is 19.3 Å². The van der Waals surface area contributed by atoms with Gasteiger partial charge in [-0.1, -0.05) is 24.3 Å². The maximum absolute atomic E-state index is 12.2. The Morgan fingerprint density at radius 3 is 1.54 bits per heavy atom. The molecule has 0 unspecified atom stereocenters. The van der Waals surface area contributed by atoms with Crippen molar-refractivity contribution in [1.29, 1.82) is 0 Å². The maximum atomic E-state index is 12.2. The highest BCUT2D eigenvalue weighted by Crippen LogP contribution is 2.18. The molecule has 0 amide bonds. The molecule has 15 heteroatoms. The van der Waals surface area contributed by atoms with Gasteiger partial charge in [0.25, 0.3) is 0 Å². The Morgan fingerprint density at radius 2 is 1.07 bits per heavy atom. The summed E-state index contributed by atoms with van der Waals surface area (Å²) < 4.78 is 23.1. The number of hydrogen-bond acceptors (Lipinski definition) is 12. The van der Waals surface area contributed by atoms with Crippen molar-refractivity contribution < 1.29 is 42.6 Å². The second-order valence-corrected chi connectivity index (χ2v) is 16.5. The Morgan fingerprint density at radius 1 is 0.630 bits per heavy atom. The normalized spacial score (nSPS) is 16.8. The first-order valence-electron chi connectivity index (χ1n) is 20.3. The number of carbonyl (C=O) groups is 3. The van der Waals surface area contributed by atoms with E-state index in [1.165, 1.54) is 11.1 Å². The number of benzene rings is 1.